The first kappa shape index (κ1) is 13.1. The summed E-state index contributed by atoms with van der Waals surface area (Å²) in [5.41, 5.74) is 1.00. The van der Waals surface area contributed by atoms with Gasteiger partial charge >= 0.3 is 0 Å². The average Bonchev–Trinajstić information content (AvgIpc) is 2.67. The van der Waals surface area contributed by atoms with Crippen molar-refractivity contribution in [2.75, 3.05) is 7.05 Å². The lowest BCUT2D eigenvalue weighted by Gasteiger charge is -1.98. The van der Waals surface area contributed by atoms with Crippen molar-refractivity contribution < 1.29 is 16.8 Å². The van der Waals surface area contributed by atoms with E-state index < -0.39 is 0 Å². The fourth-order valence-electron chi connectivity index (χ4n) is 1.44. The van der Waals surface area contributed by atoms with Gasteiger partial charge < -0.3 is 22.1 Å². The monoisotopic (exact) mass is 256 g/mol. The fraction of sp³-hybridized carbons (Fsp3) is 0.167. The predicted molar refractivity (Wildman–Crippen MR) is 61.9 cm³/mol. The van der Waals surface area contributed by atoms with Crippen molar-refractivity contribution in [3.05, 3.63) is 47.2 Å². The van der Waals surface area contributed by atoms with E-state index in [4.69, 9.17) is 16.0 Å². The molecule has 4 heteroatoms. The molecule has 2 nitrogen and oxygen atoms in total. The standard InChI is InChI=1S/C12H12ClNO.ClH/c1-14-8-11-5-6-12(15-11)9-3-2-4-10(13)7-9;/h2-7,14H,8H2,1H3;1H/p-1. The molecule has 0 spiro atoms. The van der Waals surface area contributed by atoms with Crippen molar-refractivity contribution >= 4 is 11.6 Å². The van der Waals surface area contributed by atoms with Gasteiger partial charge in [-0.1, -0.05) is 23.7 Å². The molecule has 86 valence electrons. The van der Waals surface area contributed by atoms with Crippen LogP contribution in [0, 0.1) is 0 Å². The van der Waals surface area contributed by atoms with Crippen molar-refractivity contribution in [3.63, 3.8) is 0 Å². The number of hydrogen-bond donors (Lipinski definition) is 1. The summed E-state index contributed by atoms with van der Waals surface area (Å²) in [5.74, 6) is 1.77. The summed E-state index contributed by atoms with van der Waals surface area (Å²) >= 11 is 5.91. The zero-order chi connectivity index (χ0) is 10.7. The second-order valence-corrected chi connectivity index (χ2v) is 3.74. The minimum atomic E-state index is 0. The van der Waals surface area contributed by atoms with Crippen LogP contribution in [0.15, 0.2) is 40.8 Å². The lowest BCUT2D eigenvalue weighted by atomic mass is 10.2. The Balaban J connectivity index is 0.00000128. The smallest absolute Gasteiger partial charge is 0.134 e. The lowest BCUT2D eigenvalue weighted by molar-refractivity contribution is -0.00000355. The van der Waals surface area contributed by atoms with Gasteiger partial charge in [-0.3, -0.25) is 0 Å². The molecule has 2 rings (SSSR count). The van der Waals surface area contributed by atoms with Crippen LogP contribution < -0.4 is 17.7 Å². The highest BCUT2D eigenvalue weighted by molar-refractivity contribution is 6.30. The van der Waals surface area contributed by atoms with Crippen LogP contribution in [0.4, 0.5) is 0 Å². The van der Waals surface area contributed by atoms with Crippen molar-refractivity contribution in [2.24, 2.45) is 0 Å². The highest BCUT2D eigenvalue weighted by Gasteiger charge is 2.04. The normalized spacial score (nSPS) is 9.88. The molecule has 1 N–H and O–H groups in total. The van der Waals surface area contributed by atoms with Gasteiger partial charge in [0, 0.05) is 10.6 Å². The zero-order valence-corrected chi connectivity index (χ0v) is 10.3. The Morgan fingerprint density at radius 2 is 2.06 bits per heavy atom. The van der Waals surface area contributed by atoms with E-state index in [0.717, 1.165) is 28.7 Å². The van der Waals surface area contributed by atoms with Crippen molar-refractivity contribution in [3.8, 4) is 11.3 Å². The maximum Gasteiger partial charge on any atom is 0.134 e. The van der Waals surface area contributed by atoms with E-state index in [9.17, 15) is 0 Å². The van der Waals surface area contributed by atoms with E-state index in [-0.39, 0.29) is 12.4 Å². The van der Waals surface area contributed by atoms with Crippen LogP contribution in [0.2, 0.25) is 5.02 Å². The van der Waals surface area contributed by atoms with Gasteiger partial charge in [0.05, 0.1) is 6.54 Å². The van der Waals surface area contributed by atoms with E-state index >= 15 is 0 Å². The summed E-state index contributed by atoms with van der Waals surface area (Å²) in [6.45, 7) is 0.737. The second kappa shape index (κ2) is 5.94. The quantitative estimate of drug-likeness (QED) is 0.857. The molecule has 0 saturated carbocycles. The first-order valence-electron chi connectivity index (χ1n) is 4.79. The number of benzene rings is 1. The molecule has 1 aromatic heterocycles. The fourth-order valence-corrected chi connectivity index (χ4v) is 1.63. The van der Waals surface area contributed by atoms with Crippen LogP contribution in [-0.2, 0) is 6.54 Å². The molecule has 0 amide bonds. The van der Waals surface area contributed by atoms with E-state index in [1.54, 1.807) is 0 Å². The van der Waals surface area contributed by atoms with Gasteiger partial charge in [0.25, 0.3) is 0 Å². The zero-order valence-electron chi connectivity index (χ0n) is 8.84. The Kier molecular flexibility index (Phi) is 4.87. The Morgan fingerprint density at radius 3 is 2.75 bits per heavy atom. The van der Waals surface area contributed by atoms with E-state index in [1.807, 2.05) is 43.4 Å². The van der Waals surface area contributed by atoms with Gasteiger partial charge in [0.1, 0.15) is 11.5 Å². The SMILES string of the molecule is CNCc1ccc(-c2cccc(Cl)c2)o1.[Cl-]. The van der Waals surface area contributed by atoms with Crippen LogP contribution in [0.1, 0.15) is 5.76 Å². The van der Waals surface area contributed by atoms with Crippen LogP contribution >= 0.6 is 11.6 Å². The third-order valence-electron chi connectivity index (χ3n) is 2.12. The van der Waals surface area contributed by atoms with E-state index in [0.29, 0.717) is 0 Å². The Labute approximate surface area is 106 Å². The second-order valence-electron chi connectivity index (χ2n) is 3.31. The largest absolute Gasteiger partial charge is 1.00 e. The molecule has 0 atom stereocenters. The molecular formula is C12H12Cl2NO-. The molecule has 0 bridgehead atoms. The van der Waals surface area contributed by atoms with Crippen molar-refractivity contribution in [1.82, 2.24) is 5.32 Å². The Hall–Kier alpha value is -0.960. The maximum absolute atomic E-state index is 5.91. The molecule has 0 aliphatic rings. The van der Waals surface area contributed by atoms with E-state index in [2.05, 4.69) is 5.32 Å². The van der Waals surface area contributed by atoms with Gasteiger partial charge in [-0.25, -0.2) is 0 Å². The molecule has 0 unspecified atom stereocenters. The minimum Gasteiger partial charge on any atom is -1.00 e. The van der Waals surface area contributed by atoms with Gasteiger partial charge in [-0.15, -0.1) is 0 Å². The summed E-state index contributed by atoms with van der Waals surface area (Å²) in [7, 11) is 1.89. The predicted octanol–water partition coefficient (Wildman–Crippen LogP) is 0.323. The topological polar surface area (TPSA) is 25.2 Å². The number of hydrogen-bond acceptors (Lipinski definition) is 2. The first-order chi connectivity index (χ1) is 7.29. The number of furan rings is 1. The Morgan fingerprint density at radius 1 is 1.25 bits per heavy atom. The maximum atomic E-state index is 5.91. The van der Waals surface area contributed by atoms with Crippen molar-refractivity contribution in [2.45, 2.75) is 6.54 Å². The molecule has 1 aromatic carbocycles. The van der Waals surface area contributed by atoms with E-state index in [1.165, 1.54) is 0 Å². The lowest BCUT2D eigenvalue weighted by Crippen LogP contribution is -3.00. The number of halogens is 2. The van der Waals surface area contributed by atoms with Crippen LogP contribution in [0.5, 0.6) is 0 Å². The first-order valence-corrected chi connectivity index (χ1v) is 5.16. The molecule has 1 heterocycles. The highest BCUT2D eigenvalue weighted by atomic mass is 35.5. The molecule has 0 radical (unpaired) electrons. The highest BCUT2D eigenvalue weighted by Crippen LogP contribution is 2.24. The summed E-state index contributed by atoms with van der Waals surface area (Å²) in [5, 5.41) is 3.76. The number of rotatable bonds is 3. The molecule has 0 saturated heterocycles. The molecule has 0 aliphatic carbocycles. The molecule has 2 aromatic rings. The molecule has 0 aliphatic heterocycles. The van der Waals surface area contributed by atoms with Gasteiger partial charge in [0.15, 0.2) is 0 Å². The van der Waals surface area contributed by atoms with Gasteiger partial charge in [-0.05, 0) is 31.3 Å². The summed E-state index contributed by atoms with van der Waals surface area (Å²) in [6, 6.07) is 11.6. The summed E-state index contributed by atoms with van der Waals surface area (Å²) in [4.78, 5) is 0. The van der Waals surface area contributed by atoms with Gasteiger partial charge in [0.2, 0.25) is 0 Å². The van der Waals surface area contributed by atoms with Crippen LogP contribution in [0.3, 0.4) is 0 Å². The third-order valence-corrected chi connectivity index (χ3v) is 2.36. The number of nitrogens with one attached hydrogen (secondary N) is 1. The van der Waals surface area contributed by atoms with Crippen LogP contribution in [-0.4, -0.2) is 7.05 Å². The summed E-state index contributed by atoms with van der Waals surface area (Å²) < 4.78 is 5.64. The summed E-state index contributed by atoms with van der Waals surface area (Å²) in [6.07, 6.45) is 0. The van der Waals surface area contributed by atoms with Crippen LogP contribution in [0.25, 0.3) is 11.3 Å². The average molecular weight is 257 g/mol. The molecule has 0 fully saturated rings. The Bertz CT molecular complexity index is 454. The van der Waals surface area contributed by atoms with Crippen molar-refractivity contribution in [1.29, 1.82) is 0 Å². The third kappa shape index (κ3) is 3.01. The minimum absolute atomic E-state index is 0. The van der Waals surface area contributed by atoms with Gasteiger partial charge in [-0.2, -0.15) is 0 Å². The molecular weight excluding hydrogens is 245 g/mol. The molecule has 16 heavy (non-hydrogen) atoms.